The van der Waals surface area contributed by atoms with Crippen molar-refractivity contribution in [2.45, 2.75) is 19.9 Å². The summed E-state index contributed by atoms with van der Waals surface area (Å²) in [5.41, 5.74) is 5.53. The highest BCUT2D eigenvalue weighted by atomic mass is 16.2. The number of aromatic nitrogens is 2. The summed E-state index contributed by atoms with van der Waals surface area (Å²) in [5.74, 6) is 0.919. The fourth-order valence-corrected chi connectivity index (χ4v) is 3.53. The summed E-state index contributed by atoms with van der Waals surface area (Å²) in [5, 5.41) is 5.89. The minimum absolute atomic E-state index is 0.146. The van der Waals surface area contributed by atoms with Crippen LogP contribution in [0.5, 0.6) is 0 Å². The maximum atomic E-state index is 12.2. The minimum atomic E-state index is -0.146. The molecule has 1 heterocycles. The van der Waals surface area contributed by atoms with Crippen LogP contribution in [0.3, 0.4) is 0 Å². The molecule has 2 N–H and O–H groups in total. The predicted molar refractivity (Wildman–Crippen MR) is 121 cm³/mol. The Kier molecular flexibility index (Phi) is 6.09. The molecule has 0 bridgehead atoms. The van der Waals surface area contributed by atoms with Gasteiger partial charge in [-0.05, 0) is 31.0 Å². The summed E-state index contributed by atoms with van der Waals surface area (Å²) < 4.78 is 2.17. The lowest BCUT2D eigenvalue weighted by molar-refractivity contribution is 0.240. The molecule has 0 aliphatic rings. The van der Waals surface area contributed by atoms with Crippen LogP contribution in [0.4, 0.5) is 4.79 Å². The number of benzene rings is 3. The number of carbonyl (C=O) groups is 1. The molecule has 0 aliphatic carbocycles. The van der Waals surface area contributed by atoms with Crippen molar-refractivity contribution in [2.24, 2.45) is 0 Å². The molecule has 30 heavy (non-hydrogen) atoms. The van der Waals surface area contributed by atoms with E-state index in [1.165, 1.54) is 11.1 Å². The third-order valence-corrected chi connectivity index (χ3v) is 5.13. The van der Waals surface area contributed by atoms with Crippen LogP contribution in [-0.4, -0.2) is 28.7 Å². The fraction of sp³-hybridized carbons (Fsp3) is 0.200. The van der Waals surface area contributed by atoms with Gasteiger partial charge < -0.3 is 15.2 Å². The van der Waals surface area contributed by atoms with E-state index in [9.17, 15) is 4.79 Å². The average molecular weight is 399 g/mol. The highest BCUT2D eigenvalue weighted by Gasteiger charge is 2.12. The number of amides is 2. The lowest BCUT2D eigenvalue weighted by atomic mass is 10.1. The number of imidazole rings is 1. The maximum absolute atomic E-state index is 12.2. The molecule has 3 aromatic carbocycles. The number of nitrogens with one attached hydrogen (secondary N) is 2. The molecular weight excluding hydrogens is 372 g/mol. The summed E-state index contributed by atoms with van der Waals surface area (Å²) in [7, 11) is 0. The number of hydrogen-bond acceptors (Lipinski definition) is 2. The Labute approximate surface area is 176 Å². The van der Waals surface area contributed by atoms with E-state index >= 15 is 0 Å². The second kappa shape index (κ2) is 9.27. The Balaban J connectivity index is 1.39. The number of para-hydroxylation sites is 2. The minimum Gasteiger partial charge on any atom is -0.338 e. The second-order valence-corrected chi connectivity index (χ2v) is 7.36. The van der Waals surface area contributed by atoms with Crippen LogP contribution >= 0.6 is 0 Å². The highest BCUT2D eigenvalue weighted by molar-refractivity contribution is 5.80. The molecule has 0 aliphatic heterocycles. The van der Waals surface area contributed by atoms with Gasteiger partial charge in [0.1, 0.15) is 5.82 Å². The van der Waals surface area contributed by atoms with Crippen LogP contribution < -0.4 is 10.6 Å². The van der Waals surface area contributed by atoms with Crippen LogP contribution in [-0.2, 0) is 13.0 Å². The van der Waals surface area contributed by atoms with E-state index in [1.807, 2.05) is 36.4 Å². The Morgan fingerprint density at radius 2 is 1.57 bits per heavy atom. The number of nitrogens with zero attached hydrogens (tertiary/aromatic N) is 2. The largest absolute Gasteiger partial charge is 0.338 e. The van der Waals surface area contributed by atoms with Gasteiger partial charge >= 0.3 is 6.03 Å². The Morgan fingerprint density at radius 3 is 2.37 bits per heavy atom. The van der Waals surface area contributed by atoms with Gasteiger partial charge in [-0.25, -0.2) is 9.78 Å². The van der Waals surface area contributed by atoms with Crippen molar-refractivity contribution in [3.63, 3.8) is 0 Å². The van der Waals surface area contributed by atoms with E-state index in [2.05, 4.69) is 64.6 Å². The average Bonchev–Trinajstić information content (AvgIpc) is 3.14. The first kappa shape index (κ1) is 19.7. The van der Waals surface area contributed by atoms with Gasteiger partial charge in [0.05, 0.1) is 11.0 Å². The van der Waals surface area contributed by atoms with Gasteiger partial charge in [0.25, 0.3) is 0 Å². The van der Waals surface area contributed by atoms with Gasteiger partial charge in [0.2, 0.25) is 0 Å². The summed E-state index contributed by atoms with van der Waals surface area (Å²) in [6.07, 6.45) is 0.817. The maximum Gasteiger partial charge on any atom is 0.314 e. The zero-order valence-electron chi connectivity index (χ0n) is 17.1. The van der Waals surface area contributed by atoms with Gasteiger partial charge in [-0.2, -0.15) is 0 Å². The van der Waals surface area contributed by atoms with E-state index in [0.29, 0.717) is 19.6 Å². The summed E-state index contributed by atoms with van der Waals surface area (Å²) in [4.78, 5) is 17.0. The third-order valence-electron chi connectivity index (χ3n) is 5.13. The van der Waals surface area contributed by atoms with E-state index in [4.69, 9.17) is 4.98 Å². The molecular formula is C25H26N4O. The molecule has 4 aromatic rings. The van der Waals surface area contributed by atoms with Crippen molar-refractivity contribution in [1.29, 1.82) is 0 Å². The zero-order chi connectivity index (χ0) is 20.8. The third kappa shape index (κ3) is 4.69. The van der Waals surface area contributed by atoms with Crippen LogP contribution in [0.1, 0.15) is 11.1 Å². The quantitative estimate of drug-likeness (QED) is 0.480. The Morgan fingerprint density at radius 1 is 0.867 bits per heavy atom. The smallest absolute Gasteiger partial charge is 0.314 e. The molecule has 5 heteroatoms. The summed E-state index contributed by atoms with van der Waals surface area (Å²) in [6, 6.07) is 26.5. The van der Waals surface area contributed by atoms with Crippen molar-refractivity contribution in [1.82, 2.24) is 20.2 Å². The number of hydrogen-bond donors (Lipinski definition) is 2. The monoisotopic (exact) mass is 398 g/mol. The molecule has 0 saturated carbocycles. The normalized spacial score (nSPS) is 10.8. The van der Waals surface area contributed by atoms with Gasteiger partial charge in [-0.15, -0.1) is 0 Å². The summed E-state index contributed by atoms with van der Waals surface area (Å²) >= 11 is 0. The van der Waals surface area contributed by atoms with Crippen molar-refractivity contribution in [2.75, 3.05) is 13.1 Å². The molecule has 5 nitrogen and oxygen atoms in total. The molecule has 0 fully saturated rings. The van der Waals surface area contributed by atoms with Crippen molar-refractivity contribution >= 4 is 17.1 Å². The SMILES string of the molecule is Cc1ccc(-c2nc3ccccc3n2CCNC(=O)NCCc2ccccc2)cc1. The molecule has 1 aromatic heterocycles. The van der Waals surface area contributed by atoms with E-state index in [0.717, 1.165) is 28.8 Å². The van der Waals surface area contributed by atoms with Crippen LogP contribution in [0.15, 0.2) is 78.9 Å². The van der Waals surface area contributed by atoms with Crippen LogP contribution in [0, 0.1) is 6.92 Å². The molecule has 0 atom stereocenters. The molecule has 152 valence electrons. The predicted octanol–water partition coefficient (Wildman–Crippen LogP) is 4.55. The highest BCUT2D eigenvalue weighted by Crippen LogP contribution is 2.24. The van der Waals surface area contributed by atoms with Crippen molar-refractivity contribution < 1.29 is 4.79 Å². The topological polar surface area (TPSA) is 59.0 Å². The standard InChI is InChI=1S/C25H26N4O/c1-19-11-13-21(14-12-19)24-28-22-9-5-6-10-23(22)29(24)18-17-27-25(30)26-16-15-20-7-3-2-4-8-20/h2-14H,15-18H2,1H3,(H2,26,27,30). The molecule has 0 spiro atoms. The second-order valence-electron chi connectivity index (χ2n) is 7.36. The number of fused-ring (bicyclic) bond motifs is 1. The number of carbonyl (C=O) groups excluding carboxylic acids is 1. The molecule has 0 radical (unpaired) electrons. The number of rotatable bonds is 7. The van der Waals surface area contributed by atoms with Gasteiger partial charge in [-0.1, -0.05) is 72.3 Å². The van der Waals surface area contributed by atoms with Crippen LogP contribution in [0.25, 0.3) is 22.4 Å². The van der Waals surface area contributed by atoms with E-state index in [-0.39, 0.29) is 6.03 Å². The fourth-order valence-electron chi connectivity index (χ4n) is 3.53. The Hall–Kier alpha value is -3.60. The molecule has 4 rings (SSSR count). The van der Waals surface area contributed by atoms with E-state index < -0.39 is 0 Å². The lowest BCUT2D eigenvalue weighted by Crippen LogP contribution is -2.38. The first-order valence-electron chi connectivity index (χ1n) is 10.3. The number of urea groups is 1. The molecule has 0 unspecified atom stereocenters. The molecule has 2 amide bonds. The molecule has 0 saturated heterocycles. The van der Waals surface area contributed by atoms with Gasteiger partial charge in [0.15, 0.2) is 0 Å². The van der Waals surface area contributed by atoms with E-state index in [1.54, 1.807) is 0 Å². The zero-order valence-corrected chi connectivity index (χ0v) is 17.1. The first-order valence-corrected chi connectivity index (χ1v) is 10.3. The lowest BCUT2D eigenvalue weighted by Gasteiger charge is -2.11. The first-order chi connectivity index (χ1) is 14.7. The van der Waals surface area contributed by atoms with Crippen molar-refractivity contribution in [3.05, 3.63) is 90.0 Å². The number of aryl methyl sites for hydroxylation is 1. The van der Waals surface area contributed by atoms with Gasteiger partial charge in [0, 0.05) is 25.2 Å². The van der Waals surface area contributed by atoms with Gasteiger partial charge in [-0.3, -0.25) is 0 Å². The van der Waals surface area contributed by atoms with Crippen LogP contribution in [0.2, 0.25) is 0 Å². The Bertz CT molecular complexity index is 1120. The van der Waals surface area contributed by atoms with Crippen molar-refractivity contribution in [3.8, 4) is 11.4 Å². The summed E-state index contributed by atoms with van der Waals surface area (Å²) in [6.45, 7) is 3.86.